The Morgan fingerprint density at radius 1 is 1.47 bits per heavy atom. The normalized spacial score (nSPS) is 10.8. The molecular weight excluding hydrogens is 208 g/mol. The maximum Gasteiger partial charge on any atom is 0.185 e. The Bertz CT molecular complexity index is 346. The topological polar surface area (TPSA) is 42.9 Å². The Kier molecular flexibility index (Phi) is 5.04. The molecule has 0 aliphatic carbocycles. The summed E-state index contributed by atoms with van der Waals surface area (Å²) in [7, 11) is 0. The maximum atomic E-state index is 10.6. The average molecular weight is 222 g/mol. The monoisotopic (exact) mass is 222 g/mol. The van der Waals surface area contributed by atoms with Crippen LogP contribution in [0, 0.1) is 6.92 Å². The first-order chi connectivity index (χ1) is 7.18. The van der Waals surface area contributed by atoms with Crippen LogP contribution in [0.4, 0.5) is 0 Å². The van der Waals surface area contributed by atoms with Gasteiger partial charge >= 0.3 is 0 Å². The van der Waals surface area contributed by atoms with Gasteiger partial charge in [0.2, 0.25) is 0 Å². The molecule has 0 fully saturated rings. The number of hydrogen-bond acceptors (Lipinski definition) is 4. The lowest BCUT2D eigenvalue weighted by atomic mass is 10.3. The fourth-order valence-electron chi connectivity index (χ4n) is 0.973. The molecule has 0 amide bonds. The Hall–Kier alpha value is -1.16. The molecule has 0 atom stereocenters. The van der Waals surface area contributed by atoms with Gasteiger partial charge in [0.1, 0.15) is 0 Å². The second kappa shape index (κ2) is 6.35. The first-order valence-corrected chi connectivity index (χ1v) is 5.77. The fourth-order valence-corrected chi connectivity index (χ4v) is 1.51. The summed E-state index contributed by atoms with van der Waals surface area (Å²) in [5, 5.41) is 8.11. The minimum Gasteiger partial charge on any atom is -0.288 e. The van der Waals surface area contributed by atoms with Gasteiger partial charge in [0.25, 0.3) is 0 Å². The van der Waals surface area contributed by atoms with Crippen LogP contribution in [0.25, 0.3) is 6.08 Å². The highest BCUT2D eigenvalue weighted by atomic mass is 32.2. The molecule has 0 radical (unpaired) electrons. The van der Waals surface area contributed by atoms with Crippen LogP contribution in [0.3, 0.4) is 0 Å². The van der Waals surface area contributed by atoms with E-state index in [9.17, 15) is 4.79 Å². The Morgan fingerprint density at radius 2 is 2.27 bits per heavy atom. The zero-order chi connectivity index (χ0) is 11.1. The molecule has 0 saturated carbocycles. The molecule has 1 rings (SSSR count). The fraction of sp³-hybridized carbons (Fsp3) is 0.364. The summed E-state index contributed by atoms with van der Waals surface area (Å²) in [6.07, 6.45) is 4.81. The summed E-state index contributed by atoms with van der Waals surface area (Å²) >= 11 is 1.34. The van der Waals surface area contributed by atoms with E-state index in [0.717, 1.165) is 23.6 Å². The molecule has 0 unspecified atom stereocenters. The third-order valence-electron chi connectivity index (χ3n) is 1.70. The van der Waals surface area contributed by atoms with Gasteiger partial charge in [0.15, 0.2) is 5.12 Å². The number of aryl methyl sites for hydroxylation is 1. The smallest absolute Gasteiger partial charge is 0.185 e. The third-order valence-corrected chi connectivity index (χ3v) is 2.54. The minimum absolute atomic E-state index is 0.165. The molecule has 0 bridgehead atoms. The van der Waals surface area contributed by atoms with Crippen molar-refractivity contribution in [2.45, 2.75) is 20.3 Å². The molecule has 0 aromatic carbocycles. The number of aromatic nitrogens is 2. The number of thioether (sulfide) groups is 1. The van der Waals surface area contributed by atoms with Crippen LogP contribution >= 0.6 is 11.8 Å². The summed E-state index contributed by atoms with van der Waals surface area (Å²) in [4.78, 5) is 10.6. The quantitative estimate of drug-likeness (QED) is 0.734. The van der Waals surface area contributed by atoms with Crippen molar-refractivity contribution in [3.8, 4) is 0 Å². The molecule has 0 aliphatic heterocycles. The first kappa shape index (κ1) is 11.9. The van der Waals surface area contributed by atoms with Gasteiger partial charge < -0.3 is 0 Å². The van der Waals surface area contributed by atoms with Crippen LogP contribution in [-0.4, -0.2) is 21.1 Å². The highest BCUT2D eigenvalue weighted by Crippen LogP contribution is 2.05. The summed E-state index contributed by atoms with van der Waals surface area (Å²) < 4.78 is 0. The van der Waals surface area contributed by atoms with E-state index >= 15 is 0 Å². The highest BCUT2D eigenvalue weighted by molar-refractivity contribution is 8.13. The standard InChI is InChI=1S/C11H14N2OS/c1-9-6-7-11(13-12-9)5-3-4-8-15-10(2)14/h3,5-7H,4,8H2,1-2H3. The number of nitrogens with zero attached hydrogens (tertiary/aromatic N) is 2. The third kappa shape index (κ3) is 5.32. The molecule has 80 valence electrons. The van der Waals surface area contributed by atoms with Gasteiger partial charge in [-0.05, 0) is 31.6 Å². The predicted octanol–water partition coefficient (Wildman–Crippen LogP) is 2.47. The van der Waals surface area contributed by atoms with E-state index in [1.165, 1.54) is 11.8 Å². The van der Waals surface area contributed by atoms with E-state index in [4.69, 9.17) is 0 Å². The van der Waals surface area contributed by atoms with E-state index in [-0.39, 0.29) is 5.12 Å². The zero-order valence-corrected chi connectivity index (χ0v) is 9.75. The van der Waals surface area contributed by atoms with Gasteiger partial charge in [-0.25, -0.2) is 0 Å². The van der Waals surface area contributed by atoms with Crippen molar-refractivity contribution in [1.29, 1.82) is 0 Å². The molecule has 15 heavy (non-hydrogen) atoms. The SMILES string of the molecule is CC(=O)SCCC=Cc1ccc(C)nn1. The van der Waals surface area contributed by atoms with Crippen molar-refractivity contribution in [2.24, 2.45) is 0 Å². The summed E-state index contributed by atoms with van der Waals surface area (Å²) in [6, 6.07) is 3.86. The van der Waals surface area contributed by atoms with Crippen molar-refractivity contribution in [2.75, 3.05) is 5.75 Å². The van der Waals surface area contributed by atoms with Gasteiger partial charge in [0, 0.05) is 12.7 Å². The number of carbonyl (C=O) groups is 1. The van der Waals surface area contributed by atoms with E-state index < -0.39 is 0 Å². The second-order valence-corrected chi connectivity index (χ2v) is 4.40. The first-order valence-electron chi connectivity index (χ1n) is 4.79. The Morgan fingerprint density at radius 3 is 2.87 bits per heavy atom. The summed E-state index contributed by atoms with van der Waals surface area (Å²) in [5.74, 6) is 0.825. The molecular formula is C11H14N2OS. The predicted molar refractivity (Wildman–Crippen MR) is 63.6 cm³/mol. The molecule has 0 aliphatic rings. The van der Waals surface area contributed by atoms with Crippen molar-refractivity contribution in [3.05, 3.63) is 29.6 Å². The molecule has 1 aromatic rings. The van der Waals surface area contributed by atoms with E-state index in [1.54, 1.807) is 6.92 Å². The van der Waals surface area contributed by atoms with E-state index in [0.29, 0.717) is 0 Å². The number of rotatable bonds is 4. The van der Waals surface area contributed by atoms with Crippen LogP contribution in [-0.2, 0) is 4.79 Å². The van der Waals surface area contributed by atoms with Crippen LogP contribution in [0.1, 0.15) is 24.7 Å². The lowest BCUT2D eigenvalue weighted by molar-refractivity contribution is -0.109. The Labute approximate surface area is 94.0 Å². The summed E-state index contributed by atoms with van der Waals surface area (Å²) in [6.45, 7) is 3.49. The number of hydrogen-bond donors (Lipinski definition) is 0. The molecule has 1 aromatic heterocycles. The van der Waals surface area contributed by atoms with Crippen LogP contribution < -0.4 is 0 Å². The van der Waals surface area contributed by atoms with Gasteiger partial charge in [-0.1, -0.05) is 17.8 Å². The largest absolute Gasteiger partial charge is 0.288 e. The lowest BCUT2D eigenvalue weighted by Gasteiger charge is -1.93. The molecule has 0 spiro atoms. The van der Waals surface area contributed by atoms with Gasteiger partial charge in [-0.15, -0.1) is 0 Å². The van der Waals surface area contributed by atoms with Crippen LogP contribution in [0.15, 0.2) is 18.2 Å². The van der Waals surface area contributed by atoms with Crippen molar-refractivity contribution in [3.63, 3.8) is 0 Å². The van der Waals surface area contributed by atoms with Crippen LogP contribution in [0.2, 0.25) is 0 Å². The molecule has 0 saturated heterocycles. The molecule has 3 nitrogen and oxygen atoms in total. The molecule has 4 heteroatoms. The van der Waals surface area contributed by atoms with Crippen molar-refractivity contribution in [1.82, 2.24) is 10.2 Å². The van der Waals surface area contributed by atoms with Crippen LogP contribution in [0.5, 0.6) is 0 Å². The second-order valence-electron chi connectivity index (χ2n) is 3.13. The van der Waals surface area contributed by atoms with Gasteiger partial charge in [-0.3, -0.25) is 4.79 Å². The average Bonchev–Trinajstić information content (AvgIpc) is 2.20. The Balaban J connectivity index is 2.32. The van der Waals surface area contributed by atoms with E-state index in [2.05, 4.69) is 10.2 Å². The number of carbonyl (C=O) groups excluding carboxylic acids is 1. The minimum atomic E-state index is 0.165. The van der Waals surface area contributed by atoms with Gasteiger partial charge in [-0.2, -0.15) is 10.2 Å². The summed E-state index contributed by atoms with van der Waals surface area (Å²) in [5.41, 5.74) is 1.77. The maximum absolute atomic E-state index is 10.6. The lowest BCUT2D eigenvalue weighted by Crippen LogP contribution is -1.88. The number of allylic oxidation sites excluding steroid dienone is 1. The molecule has 0 N–H and O–H groups in total. The van der Waals surface area contributed by atoms with Crippen molar-refractivity contribution >= 4 is 23.0 Å². The van der Waals surface area contributed by atoms with Gasteiger partial charge in [0.05, 0.1) is 11.4 Å². The zero-order valence-electron chi connectivity index (χ0n) is 8.93. The highest BCUT2D eigenvalue weighted by Gasteiger charge is 1.92. The van der Waals surface area contributed by atoms with E-state index in [1.807, 2.05) is 31.2 Å². The van der Waals surface area contributed by atoms with Crippen molar-refractivity contribution < 1.29 is 4.79 Å². The molecule has 1 heterocycles.